The first kappa shape index (κ1) is 12.4. The molecule has 0 radical (unpaired) electrons. The minimum Gasteiger partial charge on any atom is -0.378 e. The Hall–Kier alpha value is -2.02. The molecule has 1 N–H and O–H groups in total. The van der Waals surface area contributed by atoms with E-state index in [1.165, 1.54) is 12.1 Å². The van der Waals surface area contributed by atoms with Crippen LogP contribution in [0.4, 0.5) is 19.5 Å². The average Bonchev–Trinajstić information content (AvgIpc) is 2.76. The van der Waals surface area contributed by atoms with Gasteiger partial charge in [0.15, 0.2) is 0 Å². The van der Waals surface area contributed by atoms with Gasteiger partial charge in [-0.1, -0.05) is 11.3 Å². The van der Waals surface area contributed by atoms with Crippen LogP contribution in [0.15, 0.2) is 30.3 Å². The van der Waals surface area contributed by atoms with E-state index >= 15 is 0 Å². The van der Waals surface area contributed by atoms with Gasteiger partial charge in [0.25, 0.3) is 0 Å². The maximum absolute atomic E-state index is 13.3. The van der Waals surface area contributed by atoms with Crippen LogP contribution in [0.5, 0.6) is 0 Å². The van der Waals surface area contributed by atoms with Gasteiger partial charge < -0.3 is 5.32 Å². The zero-order valence-electron chi connectivity index (χ0n) is 9.02. The van der Waals surface area contributed by atoms with Gasteiger partial charge in [-0.3, -0.25) is 10.1 Å². The van der Waals surface area contributed by atoms with Crippen LogP contribution in [-0.2, 0) is 6.54 Å². The molecule has 0 spiro atoms. The molecule has 0 unspecified atom stereocenters. The average molecular weight is 270 g/mol. The lowest BCUT2D eigenvalue weighted by molar-refractivity contribution is -0.380. The number of benzene rings is 1. The van der Waals surface area contributed by atoms with Crippen LogP contribution < -0.4 is 5.32 Å². The number of nitrogens with one attached hydrogen (secondary N) is 1. The molecule has 0 atom stereocenters. The number of halogens is 2. The molecule has 0 amide bonds. The Morgan fingerprint density at radius 1 is 1.28 bits per heavy atom. The minimum atomic E-state index is -0.693. The molecular formula is C11H8F2N2O2S. The molecule has 0 fully saturated rings. The van der Waals surface area contributed by atoms with Gasteiger partial charge in [0.2, 0.25) is 0 Å². The van der Waals surface area contributed by atoms with Crippen LogP contribution in [-0.4, -0.2) is 4.92 Å². The second-order valence-electron chi connectivity index (χ2n) is 3.47. The molecule has 94 valence electrons. The highest BCUT2D eigenvalue weighted by molar-refractivity contribution is 7.15. The van der Waals surface area contributed by atoms with Crippen LogP contribution in [0, 0.1) is 21.7 Å². The molecule has 0 aliphatic rings. The van der Waals surface area contributed by atoms with Gasteiger partial charge >= 0.3 is 5.00 Å². The summed E-state index contributed by atoms with van der Waals surface area (Å²) in [6.45, 7) is 0.251. The van der Waals surface area contributed by atoms with E-state index in [4.69, 9.17) is 0 Å². The van der Waals surface area contributed by atoms with Crippen LogP contribution in [0.25, 0.3) is 0 Å². The molecule has 1 aromatic carbocycles. The highest BCUT2D eigenvalue weighted by Gasteiger charge is 2.10. The van der Waals surface area contributed by atoms with Crippen molar-refractivity contribution in [1.82, 2.24) is 0 Å². The summed E-state index contributed by atoms with van der Waals surface area (Å²) in [6.07, 6.45) is 0. The fourth-order valence-corrected chi connectivity index (χ4v) is 2.13. The second kappa shape index (κ2) is 5.09. The van der Waals surface area contributed by atoms with E-state index in [0.717, 1.165) is 23.5 Å². The van der Waals surface area contributed by atoms with Crippen molar-refractivity contribution < 1.29 is 13.7 Å². The van der Waals surface area contributed by atoms with E-state index < -0.39 is 16.6 Å². The van der Waals surface area contributed by atoms with Crippen LogP contribution in [0.2, 0.25) is 0 Å². The topological polar surface area (TPSA) is 55.2 Å². The van der Waals surface area contributed by atoms with Crippen LogP contribution in [0.1, 0.15) is 4.88 Å². The second-order valence-corrected chi connectivity index (χ2v) is 4.62. The number of rotatable bonds is 4. The van der Waals surface area contributed by atoms with Crippen LogP contribution in [0.3, 0.4) is 0 Å². The Kier molecular flexibility index (Phi) is 3.52. The number of nitro groups is 1. The highest BCUT2D eigenvalue weighted by Crippen LogP contribution is 2.25. The predicted octanol–water partition coefficient (Wildman–Crippen LogP) is 3.55. The van der Waals surface area contributed by atoms with Crippen molar-refractivity contribution in [3.05, 3.63) is 57.0 Å². The lowest BCUT2D eigenvalue weighted by Crippen LogP contribution is -2.00. The monoisotopic (exact) mass is 270 g/mol. The molecule has 2 aromatic rings. The maximum atomic E-state index is 13.3. The molecule has 1 aromatic heterocycles. The van der Waals surface area contributed by atoms with Crippen LogP contribution >= 0.6 is 11.3 Å². The summed E-state index contributed by atoms with van der Waals surface area (Å²) in [6, 6.07) is 6.19. The minimum absolute atomic E-state index is 0.0337. The molecular weight excluding hydrogens is 262 g/mol. The zero-order valence-corrected chi connectivity index (χ0v) is 9.84. The third-order valence-electron chi connectivity index (χ3n) is 2.21. The fourth-order valence-electron chi connectivity index (χ4n) is 1.37. The van der Waals surface area contributed by atoms with Gasteiger partial charge in [0, 0.05) is 23.6 Å². The molecule has 0 aliphatic heterocycles. The summed E-state index contributed by atoms with van der Waals surface area (Å²) >= 11 is 1.01. The predicted molar refractivity (Wildman–Crippen MR) is 64.7 cm³/mol. The third kappa shape index (κ3) is 2.80. The molecule has 7 heteroatoms. The van der Waals surface area contributed by atoms with Gasteiger partial charge in [0.1, 0.15) is 11.6 Å². The zero-order chi connectivity index (χ0) is 13.1. The standard InChI is InChI=1S/C11H8F2N2O2S/c12-7-1-3-10(9(13)5-7)14-6-8-2-4-11(18-8)15(16)17/h1-5,14H,6H2. The summed E-state index contributed by atoms with van der Waals surface area (Å²) in [5.41, 5.74) is 0.160. The summed E-state index contributed by atoms with van der Waals surface area (Å²) < 4.78 is 25.9. The SMILES string of the molecule is O=[N+]([O-])c1ccc(CNc2ccc(F)cc2F)s1. The van der Waals surface area contributed by atoms with Crippen molar-refractivity contribution in [2.24, 2.45) is 0 Å². The number of nitrogens with zero attached hydrogens (tertiary/aromatic N) is 1. The molecule has 0 aliphatic carbocycles. The van der Waals surface area contributed by atoms with Gasteiger partial charge in [-0.15, -0.1) is 0 Å². The van der Waals surface area contributed by atoms with Gasteiger partial charge in [-0.25, -0.2) is 8.78 Å². The largest absolute Gasteiger partial charge is 0.378 e. The smallest absolute Gasteiger partial charge is 0.324 e. The van der Waals surface area contributed by atoms with E-state index in [1.807, 2.05) is 0 Å². The van der Waals surface area contributed by atoms with E-state index in [1.54, 1.807) is 6.07 Å². The van der Waals surface area contributed by atoms with Crippen molar-refractivity contribution in [3.63, 3.8) is 0 Å². The Balaban J connectivity index is 2.04. The maximum Gasteiger partial charge on any atom is 0.324 e. The van der Waals surface area contributed by atoms with Crippen molar-refractivity contribution in [2.45, 2.75) is 6.54 Å². The Labute approximate surface area is 105 Å². The molecule has 4 nitrogen and oxygen atoms in total. The lowest BCUT2D eigenvalue weighted by Gasteiger charge is -2.05. The number of hydrogen-bond donors (Lipinski definition) is 1. The quantitative estimate of drug-likeness (QED) is 0.682. The molecule has 2 rings (SSSR count). The third-order valence-corrected chi connectivity index (χ3v) is 3.25. The first-order chi connectivity index (χ1) is 8.56. The number of hydrogen-bond acceptors (Lipinski definition) is 4. The van der Waals surface area contributed by atoms with Crippen molar-refractivity contribution >= 4 is 22.0 Å². The lowest BCUT2D eigenvalue weighted by atomic mass is 10.3. The van der Waals surface area contributed by atoms with Crippen molar-refractivity contribution in [3.8, 4) is 0 Å². The van der Waals surface area contributed by atoms with E-state index in [9.17, 15) is 18.9 Å². The number of anilines is 1. The summed E-state index contributed by atoms with van der Waals surface area (Å²) in [5, 5.41) is 13.3. The summed E-state index contributed by atoms with van der Waals surface area (Å²) in [7, 11) is 0. The fraction of sp³-hybridized carbons (Fsp3) is 0.0909. The molecule has 0 saturated heterocycles. The van der Waals surface area contributed by atoms with E-state index in [2.05, 4.69) is 5.32 Å². The number of thiophene rings is 1. The Bertz CT molecular complexity index is 586. The Morgan fingerprint density at radius 2 is 2.06 bits per heavy atom. The first-order valence-electron chi connectivity index (χ1n) is 4.98. The Morgan fingerprint density at radius 3 is 2.67 bits per heavy atom. The summed E-state index contributed by atoms with van der Waals surface area (Å²) in [5.74, 6) is -1.34. The molecule has 0 saturated carbocycles. The van der Waals surface area contributed by atoms with E-state index in [0.29, 0.717) is 4.88 Å². The highest BCUT2D eigenvalue weighted by atomic mass is 32.1. The molecule has 18 heavy (non-hydrogen) atoms. The summed E-state index contributed by atoms with van der Waals surface area (Å²) in [4.78, 5) is 10.7. The van der Waals surface area contributed by atoms with Crippen molar-refractivity contribution in [2.75, 3.05) is 5.32 Å². The normalized spacial score (nSPS) is 10.3. The molecule has 1 heterocycles. The first-order valence-corrected chi connectivity index (χ1v) is 5.80. The van der Waals surface area contributed by atoms with Gasteiger partial charge in [-0.2, -0.15) is 0 Å². The van der Waals surface area contributed by atoms with Gasteiger partial charge in [-0.05, 0) is 18.2 Å². The van der Waals surface area contributed by atoms with Gasteiger partial charge in [0.05, 0.1) is 10.6 Å². The van der Waals surface area contributed by atoms with Crippen molar-refractivity contribution in [1.29, 1.82) is 0 Å². The molecule has 0 bridgehead atoms. The van der Waals surface area contributed by atoms with E-state index in [-0.39, 0.29) is 17.2 Å².